The first kappa shape index (κ1) is 14.2. The maximum absolute atomic E-state index is 11.5. The highest BCUT2D eigenvalue weighted by Crippen LogP contribution is 2.19. The molecule has 0 bridgehead atoms. The highest BCUT2D eigenvalue weighted by molar-refractivity contribution is 6.34. The zero-order valence-corrected chi connectivity index (χ0v) is 11.3. The Morgan fingerprint density at radius 3 is 2.50 bits per heavy atom. The van der Waals surface area contributed by atoms with Gasteiger partial charge in [0, 0.05) is 20.5 Å². The van der Waals surface area contributed by atoms with E-state index in [4.69, 9.17) is 4.74 Å². The van der Waals surface area contributed by atoms with Gasteiger partial charge in [-0.15, -0.1) is 0 Å². The number of carbonyl (C=O) groups is 2. The van der Waals surface area contributed by atoms with E-state index in [0.717, 1.165) is 16.9 Å². The topological polar surface area (TPSA) is 46.6 Å². The Hall–Kier alpha value is -1.84. The van der Waals surface area contributed by atoms with Crippen LogP contribution in [0, 0.1) is 6.92 Å². The van der Waals surface area contributed by atoms with Gasteiger partial charge in [-0.1, -0.05) is 12.1 Å². The number of rotatable bonds is 5. The van der Waals surface area contributed by atoms with Gasteiger partial charge in [0.2, 0.25) is 5.78 Å². The minimum absolute atomic E-state index is 0.422. The third-order valence-electron chi connectivity index (χ3n) is 2.61. The molecule has 1 rings (SSSR count). The van der Waals surface area contributed by atoms with Gasteiger partial charge in [-0.25, -0.2) is 0 Å². The van der Waals surface area contributed by atoms with Crippen molar-refractivity contribution in [3.8, 4) is 5.75 Å². The standard InChI is InChI=1S/C14H19NO3/c1-5-18-13-7-6-12(8-10(13)2)9-15(4)14(17)11(3)16/h6-8H,5,9H2,1-4H3. The molecule has 1 aromatic rings. The van der Waals surface area contributed by atoms with Crippen LogP contribution >= 0.6 is 0 Å². The van der Waals surface area contributed by atoms with E-state index in [1.165, 1.54) is 11.8 Å². The molecule has 0 radical (unpaired) electrons. The van der Waals surface area contributed by atoms with Crippen LogP contribution in [-0.2, 0) is 16.1 Å². The molecule has 0 heterocycles. The second kappa shape index (κ2) is 6.19. The van der Waals surface area contributed by atoms with Gasteiger partial charge >= 0.3 is 0 Å². The van der Waals surface area contributed by atoms with Crippen LogP contribution in [0.4, 0.5) is 0 Å². The summed E-state index contributed by atoms with van der Waals surface area (Å²) in [5.41, 5.74) is 2.01. The van der Waals surface area contributed by atoms with Gasteiger partial charge in [-0.05, 0) is 31.0 Å². The summed E-state index contributed by atoms with van der Waals surface area (Å²) in [6, 6.07) is 5.76. The fourth-order valence-electron chi connectivity index (χ4n) is 1.74. The Balaban J connectivity index is 2.77. The van der Waals surface area contributed by atoms with Gasteiger partial charge in [-0.2, -0.15) is 0 Å². The largest absolute Gasteiger partial charge is 0.494 e. The molecule has 1 amide bonds. The third kappa shape index (κ3) is 3.58. The molecule has 0 saturated heterocycles. The second-order valence-corrected chi connectivity index (χ2v) is 4.25. The number of Topliss-reactive ketones (excluding diaryl/α,β-unsaturated/α-hetero) is 1. The fraction of sp³-hybridized carbons (Fsp3) is 0.429. The lowest BCUT2D eigenvalue weighted by molar-refractivity contribution is -0.143. The van der Waals surface area contributed by atoms with Crippen LogP contribution < -0.4 is 4.74 Å². The summed E-state index contributed by atoms with van der Waals surface area (Å²) in [5, 5.41) is 0. The van der Waals surface area contributed by atoms with Crippen molar-refractivity contribution in [2.24, 2.45) is 0 Å². The van der Waals surface area contributed by atoms with E-state index in [1.54, 1.807) is 7.05 Å². The summed E-state index contributed by atoms with van der Waals surface area (Å²) in [6.45, 7) is 6.23. The summed E-state index contributed by atoms with van der Waals surface area (Å²) in [5.74, 6) is -0.0662. The Morgan fingerprint density at radius 1 is 1.33 bits per heavy atom. The number of aryl methyl sites for hydroxylation is 1. The Labute approximate surface area is 108 Å². The fourth-order valence-corrected chi connectivity index (χ4v) is 1.74. The summed E-state index contributed by atoms with van der Waals surface area (Å²) in [7, 11) is 1.62. The van der Waals surface area contributed by atoms with Crippen molar-refractivity contribution in [3.63, 3.8) is 0 Å². The summed E-state index contributed by atoms with van der Waals surface area (Å²) in [6.07, 6.45) is 0. The molecule has 0 aliphatic heterocycles. The van der Waals surface area contributed by atoms with Crippen LogP contribution in [0.1, 0.15) is 25.0 Å². The number of ketones is 1. The molecule has 0 unspecified atom stereocenters. The zero-order chi connectivity index (χ0) is 13.7. The number of hydrogen-bond donors (Lipinski definition) is 0. The molecule has 0 fully saturated rings. The van der Waals surface area contributed by atoms with Crippen molar-refractivity contribution in [3.05, 3.63) is 29.3 Å². The van der Waals surface area contributed by atoms with E-state index in [2.05, 4.69) is 0 Å². The van der Waals surface area contributed by atoms with Gasteiger partial charge in [0.15, 0.2) is 0 Å². The highest BCUT2D eigenvalue weighted by Gasteiger charge is 2.14. The third-order valence-corrected chi connectivity index (χ3v) is 2.61. The molecule has 0 spiro atoms. The molecule has 0 aliphatic rings. The number of nitrogens with zero attached hydrogens (tertiary/aromatic N) is 1. The molecule has 1 aromatic carbocycles. The van der Waals surface area contributed by atoms with Crippen molar-refractivity contribution in [2.75, 3.05) is 13.7 Å². The molecule has 0 atom stereocenters. The average Bonchev–Trinajstić information content (AvgIpc) is 2.31. The first-order valence-corrected chi connectivity index (χ1v) is 5.94. The van der Waals surface area contributed by atoms with E-state index >= 15 is 0 Å². The molecule has 0 aromatic heterocycles. The molecule has 4 nitrogen and oxygen atoms in total. The van der Waals surface area contributed by atoms with Crippen LogP contribution in [0.15, 0.2) is 18.2 Å². The van der Waals surface area contributed by atoms with Crippen molar-refractivity contribution >= 4 is 11.7 Å². The molecule has 0 saturated carbocycles. The predicted molar refractivity (Wildman–Crippen MR) is 69.5 cm³/mol. The van der Waals surface area contributed by atoms with Crippen LogP contribution in [0.25, 0.3) is 0 Å². The quantitative estimate of drug-likeness (QED) is 0.749. The number of carbonyl (C=O) groups excluding carboxylic acids is 2. The monoisotopic (exact) mass is 249 g/mol. The van der Waals surface area contributed by atoms with E-state index < -0.39 is 11.7 Å². The molecular formula is C14H19NO3. The van der Waals surface area contributed by atoms with E-state index in [1.807, 2.05) is 32.0 Å². The highest BCUT2D eigenvalue weighted by atomic mass is 16.5. The van der Waals surface area contributed by atoms with Crippen LogP contribution in [0.2, 0.25) is 0 Å². The van der Waals surface area contributed by atoms with E-state index in [9.17, 15) is 9.59 Å². The lowest BCUT2D eigenvalue weighted by atomic mass is 10.1. The number of benzene rings is 1. The summed E-state index contributed by atoms with van der Waals surface area (Å²) >= 11 is 0. The second-order valence-electron chi connectivity index (χ2n) is 4.25. The van der Waals surface area contributed by atoms with E-state index in [0.29, 0.717) is 13.2 Å². The number of likely N-dealkylation sites (N-methyl/N-ethyl adjacent to an activating group) is 1. The number of amides is 1. The molecular weight excluding hydrogens is 230 g/mol. The number of hydrogen-bond acceptors (Lipinski definition) is 3. The Morgan fingerprint density at radius 2 is 2.00 bits per heavy atom. The first-order chi connectivity index (χ1) is 8.45. The maximum atomic E-state index is 11.5. The lowest BCUT2D eigenvalue weighted by Crippen LogP contribution is -2.31. The van der Waals surface area contributed by atoms with Gasteiger partial charge in [0.1, 0.15) is 5.75 Å². The van der Waals surface area contributed by atoms with Gasteiger partial charge in [0.25, 0.3) is 5.91 Å². The average molecular weight is 249 g/mol. The summed E-state index contributed by atoms with van der Waals surface area (Å²) < 4.78 is 5.45. The van der Waals surface area contributed by atoms with Gasteiger partial charge in [0.05, 0.1) is 6.61 Å². The van der Waals surface area contributed by atoms with Gasteiger partial charge < -0.3 is 9.64 Å². The van der Waals surface area contributed by atoms with Gasteiger partial charge in [-0.3, -0.25) is 9.59 Å². The lowest BCUT2D eigenvalue weighted by Gasteiger charge is -2.16. The smallest absolute Gasteiger partial charge is 0.289 e. The predicted octanol–water partition coefficient (Wildman–Crippen LogP) is 1.94. The maximum Gasteiger partial charge on any atom is 0.289 e. The molecule has 18 heavy (non-hydrogen) atoms. The van der Waals surface area contributed by atoms with Crippen molar-refractivity contribution in [1.29, 1.82) is 0 Å². The Kier molecular flexibility index (Phi) is 4.89. The van der Waals surface area contributed by atoms with Crippen LogP contribution in [0.3, 0.4) is 0 Å². The Bertz CT molecular complexity index is 454. The molecule has 0 N–H and O–H groups in total. The molecule has 98 valence electrons. The van der Waals surface area contributed by atoms with Crippen molar-refractivity contribution in [1.82, 2.24) is 4.90 Å². The molecule has 0 aliphatic carbocycles. The van der Waals surface area contributed by atoms with E-state index in [-0.39, 0.29) is 0 Å². The zero-order valence-electron chi connectivity index (χ0n) is 11.3. The van der Waals surface area contributed by atoms with Crippen LogP contribution in [-0.4, -0.2) is 30.2 Å². The molecule has 4 heteroatoms. The van der Waals surface area contributed by atoms with Crippen LogP contribution in [0.5, 0.6) is 5.75 Å². The number of ether oxygens (including phenoxy) is 1. The summed E-state index contributed by atoms with van der Waals surface area (Å²) in [4.78, 5) is 23.8. The normalized spacial score (nSPS) is 10.0. The first-order valence-electron chi connectivity index (χ1n) is 5.94. The minimum atomic E-state index is -0.471. The van der Waals surface area contributed by atoms with Crippen molar-refractivity contribution < 1.29 is 14.3 Å². The van der Waals surface area contributed by atoms with Crippen molar-refractivity contribution in [2.45, 2.75) is 27.3 Å². The minimum Gasteiger partial charge on any atom is -0.494 e. The SMILES string of the molecule is CCOc1ccc(CN(C)C(=O)C(C)=O)cc1C.